The number of aromatic nitrogens is 2. The molecule has 2 aromatic rings. The van der Waals surface area contributed by atoms with E-state index in [2.05, 4.69) is 29.0 Å². The number of benzene rings is 1. The quantitative estimate of drug-likeness (QED) is 0.425. The number of aryl methyl sites for hydroxylation is 1. The van der Waals surface area contributed by atoms with Gasteiger partial charge in [0.25, 0.3) is 0 Å². The third-order valence-corrected chi connectivity index (χ3v) is 9.24. The second-order valence-corrected chi connectivity index (χ2v) is 12.3. The lowest BCUT2D eigenvalue weighted by molar-refractivity contribution is -0.158. The number of halogens is 2. The van der Waals surface area contributed by atoms with Gasteiger partial charge in [-0.3, -0.25) is 4.79 Å². The van der Waals surface area contributed by atoms with E-state index < -0.39 is 11.4 Å². The number of anilines is 2. The molecule has 2 saturated heterocycles. The molecular formula is C28H37Cl2N5O2. The van der Waals surface area contributed by atoms with Crippen molar-refractivity contribution in [2.75, 3.05) is 36.4 Å². The number of piperidine rings is 1. The van der Waals surface area contributed by atoms with Crippen molar-refractivity contribution in [3.05, 3.63) is 45.6 Å². The Kier molecular flexibility index (Phi) is 7.58. The molecule has 1 aromatic carbocycles. The van der Waals surface area contributed by atoms with E-state index in [-0.39, 0.29) is 6.04 Å². The number of aliphatic carboxylic acids is 1. The summed E-state index contributed by atoms with van der Waals surface area (Å²) in [6.45, 7) is 10.2. The molecule has 0 amide bonds. The summed E-state index contributed by atoms with van der Waals surface area (Å²) in [7, 11) is 0. The highest BCUT2D eigenvalue weighted by Gasteiger charge is 2.49. The van der Waals surface area contributed by atoms with Crippen LogP contribution >= 0.6 is 23.2 Å². The second-order valence-electron chi connectivity index (χ2n) is 11.4. The minimum atomic E-state index is -0.652. The topological polar surface area (TPSA) is 81.6 Å². The van der Waals surface area contributed by atoms with E-state index in [1.54, 1.807) is 6.07 Å². The minimum absolute atomic E-state index is 0.0240. The number of likely N-dealkylation sites (tertiary alicyclic amines) is 1. The number of nitrogens with zero attached hydrogens (tertiary/aromatic N) is 4. The Hall–Kier alpha value is -2.09. The van der Waals surface area contributed by atoms with Crippen molar-refractivity contribution in [1.82, 2.24) is 14.9 Å². The molecule has 200 valence electrons. The molecule has 2 N–H and O–H groups in total. The largest absolute Gasteiger partial charge is 0.481 e. The van der Waals surface area contributed by atoms with Crippen molar-refractivity contribution in [1.29, 1.82) is 0 Å². The molecule has 2 aliphatic heterocycles. The summed E-state index contributed by atoms with van der Waals surface area (Å²) in [4.78, 5) is 26.0. The average Bonchev–Trinajstić information content (AvgIpc) is 2.81. The highest BCUT2D eigenvalue weighted by atomic mass is 35.5. The fourth-order valence-electron chi connectivity index (χ4n) is 6.18. The van der Waals surface area contributed by atoms with Gasteiger partial charge in [-0.25, -0.2) is 4.98 Å². The number of carboxylic acids is 1. The van der Waals surface area contributed by atoms with Crippen molar-refractivity contribution < 1.29 is 9.90 Å². The first kappa shape index (κ1) is 26.5. The van der Waals surface area contributed by atoms with Gasteiger partial charge in [0.15, 0.2) is 0 Å². The Balaban J connectivity index is 1.20. The van der Waals surface area contributed by atoms with Gasteiger partial charge in [-0.2, -0.15) is 4.98 Å². The molecule has 5 rings (SSSR count). The Labute approximate surface area is 229 Å². The zero-order valence-electron chi connectivity index (χ0n) is 21.9. The summed E-state index contributed by atoms with van der Waals surface area (Å²) in [5.74, 6) is 2.22. The van der Waals surface area contributed by atoms with Crippen molar-refractivity contribution >= 4 is 40.9 Å². The van der Waals surface area contributed by atoms with Crippen LogP contribution in [0.1, 0.15) is 63.8 Å². The summed E-state index contributed by atoms with van der Waals surface area (Å²) in [5, 5.41) is 14.2. The molecule has 1 aromatic heterocycles. The van der Waals surface area contributed by atoms with Crippen molar-refractivity contribution in [2.24, 2.45) is 17.3 Å². The number of rotatable bonds is 8. The minimum Gasteiger partial charge on any atom is -0.481 e. The molecule has 7 nitrogen and oxygen atoms in total. The molecule has 37 heavy (non-hydrogen) atoms. The summed E-state index contributed by atoms with van der Waals surface area (Å²) in [5.41, 5.74) is 1.46. The number of carboxylic acid groups (broad SMARTS) is 1. The lowest BCUT2D eigenvalue weighted by Crippen LogP contribution is -2.58. The Morgan fingerprint density at radius 2 is 1.95 bits per heavy atom. The molecule has 3 aliphatic rings. The lowest BCUT2D eigenvalue weighted by Gasteiger charge is -2.52. The van der Waals surface area contributed by atoms with Crippen LogP contribution in [-0.4, -0.2) is 58.2 Å². The monoisotopic (exact) mass is 545 g/mol. The normalized spacial score (nSPS) is 27.3. The molecule has 3 fully saturated rings. The van der Waals surface area contributed by atoms with Crippen LogP contribution in [0, 0.1) is 17.3 Å². The van der Waals surface area contributed by atoms with Crippen LogP contribution in [0.15, 0.2) is 24.3 Å². The van der Waals surface area contributed by atoms with Gasteiger partial charge in [0.1, 0.15) is 5.82 Å². The molecule has 3 heterocycles. The number of nitrogens with one attached hydrogen (secondary N) is 1. The van der Waals surface area contributed by atoms with Gasteiger partial charge in [0.05, 0.1) is 11.5 Å². The Morgan fingerprint density at radius 1 is 1.19 bits per heavy atom. The van der Waals surface area contributed by atoms with Gasteiger partial charge in [-0.05, 0) is 82.0 Å². The first-order valence-electron chi connectivity index (χ1n) is 13.5. The number of carbonyl (C=O) groups is 1. The first-order valence-corrected chi connectivity index (χ1v) is 14.2. The van der Waals surface area contributed by atoms with E-state index in [1.165, 1.54) is 12.8 Å². The summed E-state index contributed by atoms with van der Waals surface area (Å²) in [6.07, 6.45) is 4.84. The third kappa shape index (κ3) is 5.55. The molecule has 0 bridgehead atoms. The van der Waals surface area contributed by atoms with Gasteiger partial charge < -0.3 is 20.2 Å². The van der Waals surface area contributed by atoms with Crippen LogP contribution in [0.2, 0.25) is 10.0 Å². The molecular weight excluding hydrogens is 509 g/mol. The fourth-order valence-corrected chi connectivity index (χ4v) is 6.75. The van der Waals surface area contributed by atoms with Crippen molar-refractivity contribution in [3.63, 3.8) is 0 Å². The van der Waals surface area contributed by atoms with Crippen LogP contribution in [0.25, 0.3) is 0 Å². The van der Waals surface area contributed by atoms with Gasteiger partial charge in [-0.1, -0.05) is 36.2 Å². The maximum absolute atomic E-state index is 11.5. The SMILES string of the molecule is CCc1cc(N[C@H](C)c2ccc(Cl)cc2Cl)nc(N2CC([C@H]3CCCN([C@H]4C[C@](C)(C(=O)O)C4)C3)C2)n1. The predicted octanol–water partition coefficient (Wildman–Crippen LogP) is 5.92. The van der Waals surface area contributed by atoms with E-state index in [9.17, 15) is 9.90 Å². The molecule has 0 radical (unpaired) electrons. The smallest absolute Gasteiger partial charge is 0.309 e. The second kappa shape index (κ2) is 10.6. The molecule has 2 atom stereocenters. The van der Waals surface area contributed by atoms with Gasteiger partial charge in [-0.15, -0.1) is 0 Å². The average molecular weight is 547 g/mol. The third-order valence-electron chi connectivity index (χ3n) is 8.68. The fraction of sp³-hybridized carbons (Fsp3) is 0.607. The van der Waals surface area contributed by atoms with Crippen molar-refractivity contribution in [3.8, 4) is 0 Å². The van der Waals surface area contributed by atoms with Gasteiger partial charge >= 0.3 is 5.97 Å². The van der Waals surface area contributed by atoms with Crippen LogP contribution in [-0.2, 0) is 11.2 Å². The zero-order valence-corrected chi connectivity index (χ0v) is 23.4. The van der Waals surface area contributed by atoms with Crippen LogP contribution in [0.3, 0.4) is 0 Å². The van der Waals surface area contributed by atoms with E-state index in [0.717, 1.165) is 68.5 Å². The Bertz CT molecular complexity index is 1150. The highest BCUT2D eigenvalue weighted by Crippen LogP contribution is 2.45. The number of hydrogen-bond acceptors (Lipinski definition) is 6. The van der Waals surface area contributed by atoms with Crippen LogP contribution < -0.4 is 10.2 Å². The van der Waals surface area contributed by atoms with Crippen molar-refractivity contribution in [2.45, 2.75) is 65.0 Å². The number of hydrogen-bond donors (Lipinski definition) is 2. The Morgan fingerprint density at radius 3 is 2.62 bits per heavy atom. The first-order chi connectivity index (χ1) is 17.6. The van der Waals surface area contributed by atoms with E-state index in [4.69, 9.17) is 33.2 Å². The molecule has 1 saturated carbocycles. The van der Waals surface area contributed by atoms with E-state index in [1.807, 2.05) is 25.1 Å². The molecule has 1 aliphatic carbocycles. The maximum Gasteiger partial charge on any atom is 0.309 e. The van der Waals surface area contributed by atoms with Crippen LogP contribution in [0.5, 0.6) is 0 Å². The lowest BCUT2D eigenvalue weighted by atomic mass is 9.65. The summed E-state index contributed by atoms with van der Waals surface area (Å²) >= 11 is 12.5. The van der Waals surface area contributed by atoms with E-state index in [0.29, 0.717) is 27.9 Å². The summed E-state index contributed by atoms with van der Waals surface area (Å²) < 4.78 is 0. The van der Waals surface area contributed by atoms with E-state index >= 15 is 0 Å². The molecule has 9 heteroatoms. The van der Waals surface area contributed by atoms with Gasteiger partial charge in [0.2, 0.25) is 5.95 Å². The standard InChI is InChI=1S/C28H37Cl2N5O2/c1-4-21-11-25(31-17(2)23-8-7-20(29)10-24(23)30)33-27(32-21)35-15-19(16-35)18-6-5-9-34(14-18)22-12-28(3,13-22)26(36)37/h7-8,10-11,17-19,22H,4-6,9,12-16H2,1-3H3,(H,36,37)(H,31,32,33)/t17-,18+,22-,28-/m1/s1. The summed E-state index contributed by atoms with van der Waals surface area (Å²) in [6, 6.07) is 7.99. The zero-order chi connectivity index (χ0) is 26.3. The maximum atomic E-state index is 11.5. The molecule has 0 spiro atoms. The molecule has 0 unspecified atom stereocenters. The van der Waals surface area contributed by atoms with Crippen LogP contribution in [0.4, 0.5) is 11.8 Å². The van der Waals surface area contributed by atoms with Gasteiger partial charge in [0, 0.05) is 47.5 Å². The predicted molar refractivity (Wildman–Crippen MR) is 149 cm³/mol. The highest BCUT2D eigenvalue weighted by molar-refractivity contribution is 6.35.